The second-order valence-corrected chi connectivity index (χ2v) is 4.97. The van der Waals surface area contributed by atoms with Crippen LogP contribution >= 0.6 is 0 Å². The van der Waals surface area contributed by atoms with Crippen LogP contribution < -0.4 is 4.74 Å². The van der Waals surface area contributed by atoms with Crippen LogP contribution in [0, 0.1) is 13.8 Å². The van der Waals surface area contributed by atoms with E-state index >= 15 is 0 Å². The molecule has 0 bridgehead atoms. The third-order valence-corrected chi connectivity index (χ3v) is 3.10. The minimum Gasteiger partial charge on any atom is -0.471 e. The summed E-state index contributed by atoms with van der Waals surface area (Å²) in [6.07, 6.45) is 3.39. The maximum atomic E-state index is 5.58. The molecule has 0 N–H and O–H groups in total. The molecule has 106 valence electrons. The van der Waals surface area contributed by atoms with Crippen LogP contribution in [-0.4, -0.2) is 9.97 Å². The van der Waals surface area contributed by atoms with Gasteiger partial charge in [0, 0.05) is 17.8 Å². The maximum absolute atomic E-state index is 5.58. The van der Waals surface area contributed by atoms with Crippen molar-refractivity contribution in [2.75, 3.05) is 0 Å². The number of pyridine rings is 1. The van der Waals surface area contributed by atoms with E-state index in [1.165, 1.54) is 5.56 Å². The van der Waals surface area contributed by atoms with Crippen LogP contribution in [0.1, 0.15) is 16.8 Å². The Hall–Kier alpha value is -2.62. The predicted molar refractivity (Wildman–Crippen MR) is 80.0 cm³/mol. The quantitative estimate of drug-likeness (QED) is 0.726. The van der Waals surface area contributed by atoms with E-state index in [4.69, 9.17) is 9.15 Å². The van der Waals surface area contributed by atoms with Crippen molar-refractivity contribution < 1.29 is 9.15 Å². The molecule has 0 atom stereocenters. The van der Waals surface area contributed by atoms with E-state index in [1.807, 2.05) is 50.2 Å². The molecule has 0 radical (unpaired) electrons. The van der Waals surface area contributed by atoms with E-state index in [2.05, 4.69) is 9.97 Å². The van der Waals surface area contributed by atoms with Gasteiger partial charge in [-0.2, -0.15) is 0 Å². The van der Waals surface area contributed by atoms with Crippen molar-refractivity contribution in [3.8, 4) is 17.3 Å². The minimum atomic E-state index is 0.339. The molecule has 0 saturated carbocycles. The molecule has 0 saturated heterocycles. The summed E-state index contributed by atoms with van der Waals surface area (Å²) in [6.45, 7) is 4.38. The standard InChI is InChI=1S/C17H16N2O2/c1-12-3-6-14(7-4-12)17-19-15(11-21-17)10-20-16-8-5-13(2)9-18-16/h3-9,11H,10H2,1-2H3. The van der Waals surface area contributed by atoms with Gasteiger partial charge in [-0.1, -0.05) is 23.8 Å². The molecule has 3 aromatic rings. The first-order chi connectivity index (χ1) is 10.2. The number of nitrogens with zero attached hydrogens (tertiary/aromatic N) is 2. The summed E-state index contributed by atoms with van der Waals surface area (Å²) in [7, 11) is 0. The average Bonchev–Trinajstić information content (AvgIpc) is 2.96. The monoisotopic (exact) mass is 280 g/mol. The molecule has 21 heavy (non-hydrogen) atoms. The zero-order chi connectivity index (χ0) is 14.7. The summed E-state index contributed by atoms with van der Waals surface area (Å²) in [5.41, 5.74) is 4.01. The van der Waals surface area contributed by atoms with Gasteiger partial charge in [-0.25, -0.2) is 9.97 Å². The number of oxazole rings is 1. The van der Waals surface area contributed by atoms with Gasteiger partial charge < -0.3 is 9.15 Å². The first-order valence-electron chi connectivity index (χ1n) is 6.77. The van der Waals surface area contributed by atoms with Crippen LogP contribution in [0.4, 0.5) is 0 Å². The van der Waals surface area contributed by atoms with E-state index < -0.39 is 0 Å². The fourth-order valence-electron chi connectivity index (χ4n) is 1.89. The highest BCUT2D eigenvalue weighted by molar-refractivity contribution is 5.53. The number of aryl methyl sites for hydroxylation is 2. The van der Waals surface area contributed by atoms with Crippen LogP contribution in [-0.2, 0) is 6.61 Å². The second-order valence-electron chi connectivity index (χ2n) is 4.97. The molecule has 1 aromatic carbocycles. The van der Waals surface area contributed by atoms with E-state index in [1.54, 1.807) is 12.5 Å². The normalized spacial score (nSPS) is 10.6. The Bertz CT molecular complexity index is 715. The van der Waals surface area contributed by atoms with Crippen LogP contribution in [0.25, 0.3) is 11.5 Å². The Balaban J connectivity index is 1.67. The third-order valence-electron chi connectivity index (χ3n) is 3.10. The first kappa shape index (κ1) is 13.4. The molecule has 4 heteroatoms. The van der Waals surface area contributed by atoms with Gasteiger partial charge in [0.05, 0.1) is 0 Å². The molecule has 2 heterocycles. The maximum Gasteiger partial charge on any atom is 0.226 e. The van der Waals surface area contributed by atoms with E-state index in [9.17, 15) is 0 Å². The Kier molecular flexibility index (Phi) is 3.69. The minimum absolute atomic E-state index is 0.339. The third kappa shape index (κ3) is 3.28. The predicted octanol–water partition coefficient (Wildman–Crippen LogP) is 3.93. The van der Waals surface area contributed by atoms with Crippen LogP contribution in [0.3, 0.4) is 0 Å². The SMILES string of the molecule is Cc1ccc(-c2nc(COc3ccc(C)cn3)co2)cc1. The van der Waals surface area contributed by atoms with Crippen molar-refractivity contribution in [2.24, 2.45) is 0 Å². The molecule has 0 aliphatic carbocycles. The second kappa shape index (κ2) is 5.79. The van der Waals surface area contributed by atoms with Crippen molar-refractivity contribution in [2.45, 2.75) is 20.5 Å². The summed E-state index contributed by atoms with van der Waals surface area (Å²) in [4.78, 5) is 8.61. The van der Waals surface area contributed by atoms with Crippen molar-refractivity contribution in [3.05, 3.63) is 65.7 Å². The zero-order valence-electron chi connectivity index (χ0n) is 12.0. The molecule has 3 rings (SSSR count). The molecule has 0 fully saturated rings. The summed E-state index contributed by atoms with van der Waals surface area (Å²) in [5.74, 6) is 1.19. The molecular formula is C17H16N2O2. The number of aromatic nitrogens is 2. The Morgan fingerprint density at radius 3 is 2.48 bits per heavy atom. The highest BCUT2D eigenvalue weighted by atomic mass is 16.5. The lowest BCUT2D eigenvalue weighted by Crippen LogP contribution is -1.97. The molecule has 0 unspecified atom stereocenters. The van der Waals surface area contributed by atoms with Gasteiger partial charge in [0.15, 0.2) is 0 Å². The number of hydrogen-bond acceptors (Lipinski definition) is 4. The van der Waals surface area contributed by atoms with Crippen LogP contribution in [0.15, 0.2) is 53.3 Å². The molecular weight excluding hydrogens is 264 g/mol. The van der Waals surface area contributed by atoms with E-state index in [-0.39, 0.29) is 0 Å². The summed E-state index contributed by atoms with van der Waals surface area (Å²) in [6, 6.07) is 11.9. The lowest BCUT2D eigenvalue weighted by Gasteiger charge is -2.02. The lowest BCUT2D eigenvalue weighted by molar-refractivity contribution is 0.289. The van der Waals surface area contributed by atoms with E-state index in [0.29, 0.717) is 18.4 Å². The van der Waals surface area contributed by atoms with Gasteiger partial charge in [-0.05, 0) is 31.5 Å². The van der Waals surface area contributed by atoms with Gasteiger partial charge in [-0.3, -0.25) is 0 Å². The van der Waals surface area contributed by atoms with Gasteiger partial charge in [0.25, 0.3) is 0 Å². The molecule has 2 aromatic heterocycles. The Labute approximate surface area is 123 Å². The van der Waals surface area contributed by atoms with Crippen molar-refractivity contribution in [1.82, 2.24) is 9.97 Å². The molecule has 0 spiro atoms. The molecule has 4 nitrogen and oxygen atoms in total. The number of hydrogen-bond donors (Lipinski definition) is 0. The lowest BCUT2D eigenvalue weighted by atomic mass is 10.1. The smallest absolute Gasteiger partial charge is 0.226 e. The topological polar surface area (TPSA) is 48.2 Å². The van der Waals surface area contributed by atoms with Gasteiger partial charge in [0.2, 0.25) is 11.8 Å². The zero-order valence-corrected chi connectivity index (χ0v) is 12.0. The largest absolute Gasteiger partial charge is 0.471 e. The number of rotatable bonds is 4. The number of benzene rings is 1. The Morgan fingerprint density at radius 2 is 1.76 bits per heavy atom. The summed E-state index contributed by atoms with van der Waals surface area (Å²) in [5, 5.41) is 0. The van der Waals surface area contributed by atoms with Gasteiger partial charge in [-0.15, -0.1) is 0 Å². The highest BCUT2D eigenvalue weighted by Crippen LogP contribution is 2.19. The average molecular weight is 280 g/mol. The Morgan fingerprint density at radius 1 is 1.00 bits per heavy atom. The summed E-state index contributed by atoms with van der Waals surface area (Å²) >= 11 is 0. The molecule has 0 aliphatic rings. The van der Waals surface area contributed by atoms with Crippen molar-refractivity contribution in [3.63, 3.8) is 0 Å². The van der Waals surface area contributed by atoms with Crippen molar-refractivity contribution in [1.29, 1.82) is 0 Å². The van der Waals surface area contributed by atoms with E-state index in [0.717, 1.165) is 16.8 Å². The fourth-order valence-corrected chi connectivity index (χ4v) is 1.89. The first-order valence-corrected chi connectivity index (χ1v) is 6.77. The van der Waals surface area contributed by atoms with Gasteiger partial charge in [0.1, 0.15) is 18.6 Å². The molecule has 0 amide bonds. The van der Waals surface area contributed by atoms with Crippen molar-refractivity contribution >= 4 is 0 Å². The van der Waals surface area contributed by atoms with Crippen LogP contribution in [0.5, 0.6) is 5.88 Å². The fraction of sp³-hybridized carbons (Fsp3) is 0.176. The summed E-state index contributed by atoms with van der Waals surface area (Å²) < 4.78 is 11.1. The van der Waals surface area contributed by atoms with Crippen LogP contribution in [0.2, 0.25) is 0 Å². The molecule has 0 aliphatic heterocycles. The highest BCUT2D eigenvalue weighted by Gasteiger charge is 2.07. The van der Waals surface area contributed by atoms with Gasteiger partial charge >= 0.3 is 0 Å². The number of ether oxygens (including phenoxy) is 1.